The topological polar surface area (TPSA) is 487 Å². The quantitative estimate of drug-likeness (QED) is 0.0269. The summed E-state index contributed by atoms with van der Waals surface area (Å²) in [6, 6.07) is -0.369. The van der Waals surface area contributed by atoms with Gasteiger partial charge in [0, 0.05) is 80.8 Å². The minimum Gasteiger partial charge on any atom is -0.425 e. The lowest BCUT2D eigenvalue weighted by molar-refractivity contribution is -0.870. The molecule has 21 N–H and O–H groups in total. The van der Waals surface area contributed by atoms with E-state index in [0.717, 1.165) is 16.8 Å². The number of nitrogens with one attached hydrogen (secondary N) is 5. The molecule has 0 bridgehead atoms. The maximum absolute atomic E-state index is 11.6. The van der Waals surface area contributed by atoms with Gasteiger partial charge in [-0.2, -0.15) is 20.0 Å². The first-order valence-electron chi connectivity index (χ1n) is 28.4. The van der Waals surface area contributed by atoms with Crippen molar-refractivity contribution in [3.05, 3.63) is 0 Å². The number of amides is 2. The number of esters is 1. The van der Waals surface area contributed by atoms with E-state index in [4.69, 9.17) is 71.0 Å². The summed E-state index contributed by atoms with van der Waals surface area (Å²) >= 11 is 0. The summed E-state index contributed by atoms with van der Waals surface area (Å²) in [5.74, 6) is 0.875. The van der Waals surface area contributed by atoms with Crippen LogP contribution in [-0.4, -0.2) is 221 Å². The Hall–Kier alpha value is -7.77. The van der Waals surface area contributed by atoms with Gasteiger partial charge in [0.05, 0.1) is 44.7 Å². The number of oxime groups is 1. The van der Waals surface area contributed by atoms with E-state index in [1.165, 1.54) is 31.7 Å². The first-order valence-corrected chi connectivity index (χ1v) is 28.4. The molecule has 0 spiro atoms. The number of nitrogens with zero attached hydrogens (tertiary/aromatic N) is 12. The number of Topliss-reactive ketones (excluding diaryl/α,β-unsaturated/α-hetero) is 1. The number of aliphatic imine (C=N–C) groups is 6. The lowest BCUT2D eigenvalue weighted by atomic mass is 9.96. The summed E-state index contributed by atoms with van der Waals surface area (Å²) in [4.78, 5) is 80.0. The van der Waals surface area contributed by atoms with Crippen LogP contribution in [0.2, 0.25) is 0 Å². The standard InChI is InChI=1S/C12H23N5O4.C11H24N4O.C9H19N5O.C8H19N5O.C8H19N5.C8H20N/c1-7(20-8(18)12(2,3)4)21-11(19)16-9(13)15-10(14)17(5)6;1-8(16)9(12)6-5-7-14-10(13)15-11(2,3)4;1-9(2,3)6(15)12-7(10)13-8(11)14(4)5;1-8(2,3)14-12-6(9)11-7(10)13(4)5;1-8(2,3)12-6(9)11-7(10)13(4)5;1-8(2)6-7-9(3,4)5/h7H,1-6H3,(H4,13,14,15,16,19);9H,5-7,12H2,1-4H3,(H3,13,14,15);1-5H3,(H4,10,11,12,13,15);1-5H3,(H4,9,10,11,12);1-5H3,(H4,9,10,11,12);8H,6-7H2,1-5H3/q;;;;;+1/t;9-;;;;/m.0..../s1. The van der Waals surface area contributed by atoms with Gasteiger partial charge in [-0.15, -0.1) is 0 Å². The van der Waals surface area contributed by atoms with E-state index in [0.29, 0.717) is 24.9 Å². The third-order valence-corrected chi connectivity index (χ3v) is 9.23. The average Bonchev–Trinajstić information content (AvgIpc) is 3.30. The summed E-state index contributed by atoms with van der Waals surface area (Å²) in [5, 5.41) is 26.0. The van der Waals surface area contributed by atoms with Crippen molar-refractivity contribution in [1.29, 1.82) is 10.8 Å². The molecule has 32 nitrogen and oxygen atoms in total. The van der Waals surface area contributed by atoms with Gasteiger partial charge in [0.25, 0.3) is 5.96 Å². The molecule has 0 saturated heterocycles. The zero-order valence-electron chi connectivity index (χ0n) is 59.6. The number of quaternary nitrogens is 1. The lowest BCUT2D eigenvalue weighted by Gasteiger charge is -2.24. The van der Waals surface area contributed by atoms with Crippen LogP contribution in [0.5, 0.6) is 0 Å². The van der Waals surface area contributed by atoms with Gasteiger partial charge in [-0.1, -0.05) is 34.6 Å². The Labute approximate surface area is 528 Å². The molecule has 0 aliphatic carbocycles. The second-order valence-corrected chi connectivity index (χ2v) is 27.1. The number of ketones is 1. The van der Waals surface area contributed by atoms with Crippen molar-refractivity contribution in [3.8, 4) is 0 Å². The summed E-state index contributed by atoms with van der Waals surface area (Å²) in [7, 11) is 20.4. The molecule has 0 radical (unpaired) electrons. The number of carbonyl (C=O) groups is 4. The molecule has 0 aromatic rings. The van der Waals surface area contributed by atoms with Crippen LogP contribution < -0.4 is 61.8 Å². The van der Waals surface area contributed by atoms with Crippen molar-refractivity contribution in [3.63, 3.8) is 0 Å². The van der Waals surface area contributed by atoms with Crippen LogP contribution in [0.4, 0.5) is 4.79 Å². The van der Waals surface area contributed by atoms with Crippen molar-refractivity contribution in [2.75, 3.05) is 90.6 Å². The lowest BCUT2D eigenvalue weighted by Crippen LogP contribution is -2.45. The Morgan fingerprint density at radius 1 is 0.591 bits per heavy atom. The van der Waals surface area contributed by atoms with Crippen LogP contribution in [-0.2, 0) is 28.7 Å². The number of rotatable bonds is 11. The fourth-order valence-electron chi connectivity index (χ4n) is 4.21. The maximum atomic E-state index is 11.6. The number of nitrogens with two attached hydrogens (primary N) is 8. The Balaban J connectivity index is -0.000000233. The van der Waals surface area contributed by atoms with Crippen LogP contribution in [0.3, 0.4) is 0 Å². The first kappa shape index (κ1) is 91.4. The molecule has 88 heavy (non-hydrogen) atoms. The Kier molecular flexibility index (Phi) is 44.6. The van der Waals surface area contributed by atoms with E-state index in [-0.39, 0.29) is 76.1 Å². The molecule has 514 valence electrons. The van der Waals surface area contributed by atoms with Crippen molar-refractivity contribution >= 4 is 77.4 Å². The molecule has 32 heteroatoms. The normalized spacial score (nSPS) is 13.6. The molecular formula is C56H124N25O7+. The second-order valence-electron chi connectivity index (χ2n) is 27.1. The van der Waals surface area contributed by atoms with Gasteiger partial charge in [0.1, 0.15) is 11.4 Å². The molecule has 0 fully saturated rings. The van der Waals surface area contributed by atoms with E-state index in [1.807, 2.05) is 62.3 Å². The van der Waals surface area contributed by atoms with Gasteiger partial charge < -0.3 is 89.6 Å². The van der Waals surface area contributed by atoms with Gasteiger partial charge in [0.15, 0.2) is 23.8 Å². The molecule has 0 rings (SSSR count). The zero-order valence-corrected chi connectivity index (χ0v) is 59.6. The van der Waals surface area contributed by atoms with E-state index in [1.54, 1.807) is 113 Å². The minimum absolute atomic E-state index is 0.00567. The summed E-state index contributed by atoms with van der Waals surface area (Å²) < 4.78 is 10.8. The highest BCUT2D eigenvalue weighted by molar-refractivity contribution is 6.02. The molecule has 2 amide bonds. The number of hydrogen-bond donors (Lipinski definition) is 13. The van der Waals surface area contributed by atoms with E-state index in [2.05, 4.69) is 86.1 Å². The molecule has 0 aliphatic heterocycles. The van der Waals surface area contributed by atoms with Crippen molar-refractivity contribution in [1.82, 2.24) is 35.6 Å². The highest BCUT2D eigenvalue weighted by Crippen LogP contribution is 2.17. The van der Waals surface area contributed by atoms with E-state index < -0.39 is 29.2 Å². The average molecular weight is 1260 g/mol. The summed E-state index contributed by atoms with van der Waals surface area (Å²) in [6.07, 6.45) is 0.758. The first-order chi connectivity index (χ1) is 39.2. The SMILES string of the molecule is CC(=O)[C@@H](N)CCCN=C(N)NC(C)(C)C.CC(C)CC[N+](C)(C)C.CC(OC(=O)NC(N)=NC(=N)N(C)C)OC(=O)C(C)(C)C.CN(C)C(N)=NC(=N)NC(=O)C(C)(C)C.CN(C)C(N)=NC(N)=NC(C)(C)C.CN(C)C(N)=NC(N)=NOC(C)(C)C. The van der Waals surface area contributed by atoms with Crippen molar-refractivity contribution < 1.29 is 38.0 Å². The Bertz CT molecular complexity index is 2320. The zero-order chi connectivity index (χ0) is 71.3. The molecule has 0 aromatic heterocycles. The van der Waals surface area contributed by atoms with Crippen molar-refractivity contribution in [2.45, 2.75) is 180 Å². The minimum atomic E-state index is -1.07. The Morgan fingerprint density at radius 2 is 1.03 bits per heavy atom. The molecule has 0 aromatic carbocycles. The fourth-order valence-corrected chi connectivity index (χ4v) is 4.21. The summed E-state index contributed by atoms with van der Waals surface area (Å²) in [5.41, 5.74) is 42.3. The van der Waals surface area contributed by atoms with Crippen molar-refractivity contribution in [2.24, 2.45) is 97.7 Å². The second kappa shape index (κ2) is 43.0. The van der Waals surface area contributed by atoms with Gasteiger partial charge in [-0.3, -0.25) is 40.8 Å². The van der Waals surface area contributed by atoms with E-state index >= 15 is 0 Å². The third kappa shape index (κ3) is 64.2. The van der Waals surface area contributed by atoms with Crippen LogP contribution in [0, 0.1) is 27.6 Å². The molecular weight excluding hydrogens is 1130 g/mol. The maximum Gasteiger partial charge on any atom is 0.417 e. The highest BCUT2D eigenvalue weighted by atomic mass is 16.7. The molecule has 0 heterocycles. The van der Waals surface area contributed by atoms with Gasteiger partial charge in [-0.05, 0) is 120 Å². The highest BCUT2D eigenvalue weighted by Gasteiger charge is 2.26. The molecule has 0 saturated carbocycles. The largest absolute Gasteiger partial charge is 0.425 e. The number of ether oxygens (including phenoxy) is 2. The number of hydrogen-bond acceptors (Lipinski definition) is 13. The van der Waals surface area contributed by atoms with E-state index in [9.17, 15) is 19.2 Å². The predicted octanol–water partition coefficient (Wildman–Crippen LogP) is 2.43. The molecule has 1 unspecified atom stereocenters. The molecule has 2 atom stereocenters. The Morgan fingerprint density at radius 3 is 1.38 bits per heavy atom. The van der Waals surface area contributed by atoms with Gasteiger partial charge in [0.2, 0.25) is 36.0 Å². The molecule has 0 aliphatic rings. The number of carbonyl (C=O) groups excluding carboxylic acids is 4. The van der Waals surface area contributed by atoms with Crippen LogP contribution in [0.15, 0.2) is 35.1 Å². The number of guanidine groups is 9. The monoisotopic (exact) mass is 1260 g/mol. The smallest absolute Gasteiger partial charge is 0.417 e. The van der Waals surface area contributed by atoms with Gasteiger partial charge in [-0.25, -0.2) is 9.79 Å². The summed E-state index contributed by atoms with van der Waals surface area (Å²) in [6.45, 7) is 37.1. The van der Waals surface area contributed by atoms with Crippen LogP contribution in [0.1, 0.15) is 151 Å². The fraction of sp³-hybridized carbons (Fsp3) is 0.768. The third-order valence-electron chi connectivity index (χ3n) is 9.23. The predicted molar refractivity (Wildman–Crippen MR) is 362 cm³/mol. The van der Waals surface area contributed by atoms with Gasteiger partial charge >= 0.3 is 12.1 Å². The van der Waals surface area contributed by atoms with Crippen LogP contribution >= 0.6 is 0 Å². The number of alkyl carbamates (subject to hydrolysis) is 1. The van der Waals surface area contributed by atoms with Crippen LogP contribution in [0.25, 0.3) is 0 Å².